The van der Waals surface area contributed by atoms with E-state index >= 15 is 0 Å². The van der Waals surface area contributed by atoms with Gasteiger partial charge in [-0.3, -0.25) is 5.32 Å². The number of nitrogens with zero attached hydrogens (tertiary/aromatic N) is 1. The molecule has 4 aromatic rings. The third kappa shape index (κ3) is 4.60. The molecular formula is C21H12Cl2F3N3O2. The Kier molecular flexibility index (Phi) is 5.51. The number of nitrogens with one attached hydrogen (secondary N) is 2. The van der Waals surface area contributed by atoms with Crippen LogP contribution in [0.2, 0.25) is 10.0 Å². The van der Waals surface area contributed by atoms with Crippen LogP contribution in [0.15, 0.2) is 60.7 Å². The molecule has 31 heavy (non-hydrogen) atoms. The van der Waals surface area contributed by atoms with Crippen LogP contribution in [0.25, 0.3) is 22.4 Å². The van der Waals surface area contributed by atoms with Gasteiger partial charge in [-0.1, -0.05) is 29.3 Å². The van der Waals surface area contributed by atoms with E-state index in [0.29, 0.717) is 32.5 Å². The quantitative estimate of drug-likeness (QED) is 0.337. The van der Waals surface area contributed by atoms with Gasteiger partial charge in [-0.2, -0.15) is 13.2 Å². The molecule has 0 fully saturated rings. The smallest absolute Gasteiger partial charge is 0.410 e. The van der Waals surface area contributed by atoms with Crippen LogP contribution in [0.5, 0.6) is 5.75 Å². The highest BCUT2D eigenvalue weighted by atomic mass is 35.5. The lowest BCUT2D eigenvalue weighted by Gasteiger charge is -2.09. The molecule has 158 valence electrons. The first-order valence-corrected chi connectivity index (χ1v) is 9.56. The van der Waals surface area contributed by atoms with Crippen LogP contribution >= 0.6 is 23.2 Å². The molecule has 5 nitrogen and oxygen atoms in total. The molecule has 1 amide bonds. The monoisotopic (exact) mass is 465 g/mol. The van der Waals surface area contributed by atoms with Crippen LogP contribution in [0, 0.1) is 0 Å². The zero-order valence-electron chi connectivity index (χ0n) is 15.4. The van der Waals surface area contributed by atoms with Crippen molar-refractivity contribution in [3.05, 3.63) is 76.3 Å². The van der Waals surface area contributed by atoms with Gasteiger partial charge in [0.2, 0.25) is 0 Å². The minimum atomic E-state index is -4.45. The summed E-state index contributed by atoms with van der Waals surface area (Å²) in [5.74, 6) is 0.661. The van der Waals surface area contributed by atoms with Crippen molar-refractivity contribution >= 4 is 46.0 Å². The largest absolute Gasteiger partial charge is 0.417 e. The number of halogens is 5. The molecule has 0 saturated carbocycles. The zero-order chi connectivity index (χ0) is 22.2. The minimum absolute atomic E-state index is 0.163. The molecule has 0 radical (unpaired) electrons. The van der Waals surface area contributed by atoms with Crippen molar-refractivity contribution in [2.45, 2.75) is 6.18 Å². The molecule has 0 spiro atoms. The lowest BCUT2D eigenvalue weighted by Crippen LogP contribution is -2.16. The number of ether oxygens (including phenoxy) is 1. The van der Waals surface area contributed by atoms with Crippen molar-refractivity contribution < 1.29 is 22.7 Å². The fourth-order valence-electron chi connectivity index (χ4n) is 2.89. The van der Waals surface area contributed by atoms with Gasteiger partial charge in [0.05, 0.1) is 32.2 Å². The topological polar surface area (TPSA) is 67.0 Å². The standard InChI is InChI=1S/C21H12Cl2F3N3O2/c22-14-2-1-3-15(23)18(14)19-28-16-9-8-13(10-17(16)29-19)31-20(30)27-12-6-4-11(5-7-12)21(24,25)26/h1-10H,(H,27,30)(H,28,29). The predicted octanol–water partition coefficient (Wildman–Crippen LogP) is 7.17. The van der Waals surface area contributed by atoms with Gasteiger partial charge in [-0.15, -0.1) is 0 Å². The van der Waals surface area contributed by atoms with E-state index in [0.717, 1.165) is 24.3 Å². The second-order valence-electron chi connectivity index (χ2n) is 6.45. The number of carbonyl (C=O) groups excluding carboxylic acids is 1. The molecule has 4 rings (SSSR count). The van der Waals surface area contributed by atoms with E-state index in [1.165, 1.54) is 6.07 Å². The van der Waals surface area contributed by atoms with Gasteiger partial charge < -0.3 is 9.72 Å². The number of rotatable bonds is 3. The number of aromatic amines is 1. The predicted molar refractivity (Wildman–Crippen MR) is 113 cm³/mol. The number of imidazole rings is 1. The van der Waals surface area contributed by atoms with Gasteiger partial charge in [-0.25, -0.2) is 9.78 Å². The summed E-state index contributed by atoms with van der Waals surface area (Å²) in [6.45, 7) is 0. The van der Waals surface area contributed by atoms with E-state index in [4.69, 9.17) is 27.9 Å². The molecule has 1 heterocycles. The highest BCUT2D eigenvalue weighted by Gasteiger charge is 2.30. The third-order valence-electron chi connectivity index (χ3n) is 4.32. The summed E-state index contributed by atoms with van der Waals surface area (Å²) in [4.78, 5) is 19.6. The average Bonchev–Trinajstić information content (AvgIpc) is 3.10. The summed E-state index contributed by atoms with van der Waals surface area (Å²) in [7, 11) is 0. The van der Waals surface area contributed by atoms with Crippen LogP contribution in [-0.2, 0) is 6.18 Å². The van der Waals surface area contributed by atoms with Crippen molar-refractivity contribution in [1.82, 2.24) is 9.97 Å². The number of hydrogen-bond acceptors (Lipinski definition) is 3. The number of carbonyl (C=O) groups is 1. The first kappa shape index (κ1) is 21.0. The van der Waals surface area contributed by atoms with Crippen LogP contribution < -0.4 is 10.1 Å². The van der Waals surface area contributed by atoms with Crippen molar-refractivity contribution in [2.24, 2.45) is 0 Å². The van der Waals surface area contributed by atoms with E-state index in [9.17, 15) is 18.0 Å². The molecule has 0 aliphatic carbocycles. The van der Waals surface area contributed by atoms with E-state index in [1.54, 1.807) is 30.3 Å². The molecule has 2 N–H and O–H groups in total. The lowest BCUT2D eigenvalue weighted by atomic mass is 10.2. The molecule has 0 saturated heterocycles. The SMILES string of the molecule is O=C(Nc1ccc(C(F)(F)F)cc1)Oc1ccc2nc(-c3c(Cl)cccc3Cl)[nH]c2c1. The second kappa shape index (κ2) is 8.13. The fourth-order valence-corrected chi connectivity index (χ4v) is 3.46. The Morgan fingerprint density at radius 3 is 2.32 bits per heavy atom. The molecule has 3 aromatic carbocycles. The molecule has 1 aromatic heterocycles. The number of aromatic nitrogens is 2. The van der Waals surface area contributed by atoms with Gasteiger partial charge >= 0.3 is 12.3 Å². The fraction of sp³-hybridized carbons (Fsp3) is 0.0476. The minimum Gasteiger partial charge on any atom is -0.410 e. The summed E-state index contributed by atoms with van der Waals surface area (Å²) in [5.41, 5.74) is 1.07. The first-order chi connectivity index (χ1) is 14.7. The van der Waals surface area contributed by atoms with E-state index < -0.39 is 17.8 Å². The maximum atomic E-state index is 12.6. The number of hydrogen-bond donors (Lipinski definition) is 2. The average molecular weight is 466 g/mol. The molecule has 0 bridgehead atoms. The van der Waals surface area contributed by atoms with Crippen LogP contribution in [0.3, 0.4) is 0 Å². The van der Waals surface area contributed by atoms with Crippen molar-refractivity contribution in [3.8, 4) is 17.1 Å². The highest BCUT2D eigenvalue weighted by molar-refractivity contribution is 6.39. The van der Waals surface area contributed by atoms with E-state index in [-0.39, 0.29) is 11.4 Å². The number of benzene rings is 3. The summed E-state index contributed by atoms with van der Waals surface area (Å²) in [5, 5.41) is 3.23. The molecule has 0 aliphatic rings. The summed E-state index contributed by atoms with van der Waals surface area (Å²) in [6, 6.07) is 13.9. The Balaban J connectivity index is 1.50. The summed E-state index contributed by atoms with van der Waals surface area (Å²) in [6.07, 6.45) is -5.31. The Morgan fingerprint density at radius 2 is 1.68 bits per heavy atom. The van der Waals surface area contributed by atoms with Crippen LogP contribution in [0.1, 0.15) is 5.56 Å². The van der Waals surface area contributed by atoms with Crippen molar-refractivity contribution in [2.75, 3.05) is 5.32 Å². The molecular weight excluding hydrogens is 454 g/mol. The Morgan fingerprint density at radius 1 is 1.00 bits per heavy atom. The number of fused-ring (bicyclic) bond motifs is 1. The van der Waals surface area contributed by atoms with Gasteiger partial charge in [0, 0.05) is 11.8 Å². The lowest BCUT2D eigenvalue weighted by molar-refractivity contribution is -0.137. The maximum absolute atomic E-state index is 12.6. The zero-order valence-corrected chi connectivity index (χ0v) is 16.9. The van der Waals surface area contributed by atoms with Crippen LogP contribution in [0.4, 0.5) is 23.7 Å². The number of alkyl halides is 3. The van der Waals surface area contributed by atoms with Gasteiger partial charge in [0.25, 0.3) is 0 Å². The van der Waals surface area contributed by atoms with Crippen molar-refractivity contribution in [1.29, 1.82) is 0 Å². The maximum Gasteiger partial charge on any atom is 0.417 e. The Bertz CT molecular complexity index is 1250. The summed E-state index contributed by atoms with van der Waals surface area (Å²) < 4.78 is 43.1. The molecule has 0 aliphatic heterocycles. The highest BCUT2D eigenvalue weighted by Crippen LogP contribution is 2.34. The number of H-pyrrole nitrogens is 1. The van der Waals surface area contributed by atoms with Crippen LogP contribution in [-0.4, -0.2) is 16.1 Å². The van der Waals surface area contributed by atoms with E-state index in [1.807, 2.05) is 0 Å². The molecule has 0 unspecified atom stereocenters. The van der Waals surface area contributed by atoms with Gasteiger partial charge in [-0.05, 0) is 48.5 Å². The third-order valence-corrected chi connectivity index (χ3v) is 4.95. The first-order valence-electron chi connectivity index (χ1n) is 8.81. The van der Waals surface area contributed by atoms with Gasteiger partial charge in [0.1, 0.15) is 11.6 Å². The normalized spacial score (nSPS) is 11.5. The molecule has 0 atom stereocenters. The second-order valence-corrected chi connectivity index (χ2v) is 7.27. The van der Waals surface area contributed by atoms with E-state index in [2.05, 4.69) is 15.3 Å². The van der Waals surface area contributed by atoms with Gasteiger partial charge in [0.15, 0.2) is 0 Å². The Labute approximate surface area is 183 Å². The van der Waals surface area contributed by atoms with Crippen molar-refractivity contribution in [3.63, 3.8) is 0 Å². The Hall–Kier alpha value is -3.23. The number of amides is 1. The molecule has 10 heteroatoms. The number of anilines is 1. The summed E-state index contributed by atoms with van der Waals surface area (Å²) >= 11 is 12.4.